The summed E-state index contributed by atoms with van der Waals surface area (Å²) < 4.78 is 21.6. The molecule has 2 aliphatic rings. The molecule has 0 amide bonds. The van der Waals surface area contributed by atoms with E-state index in [9.17, 15) is 4.79 Å². The third-order valence-corrected chi connectivity index (χ3v) is 7.53. The Hall–Kier alpha value is -2.42. The molecule has 2 aliphatic heterocycles. The maximum Gasteiger partial charge on any atom is 0.494 e. The first-order valence-corrected chi connectivity index (χ1v) is 11.7. The number of ether oxygens (including phenoxy) is 1. The SMILES string of the molecule is Cn1c(Cc2ccc(B3OC(C)(C)C(C)(C)O3)cc2)cc2c(cnn2C2CCOCC2)c1=O. The van der Waals surface area contributed by atoms with Crippen molar-refractivity contribution in [3.8, 4) is 0 Å². The van der Waals surface area contributed by atoms with Crippen LogP contribution in [0.2, 0.25) is 0 Å². The molecule has 174 valence electrons. The standard InChI is InChI=1S/C25H32BN3O4/c1-24(2)25(3,4)33-26(32-24)18-8-6-17(7-9-18)14-20-15-22-21(23(30)28(20)5)16-27-29(22)19-10-12-31-13-11-19/h6-9,15-16,19H,10-14H2,1-5H3. The largest absolute Gasteiger partial charge is 0.494 e. The van der Waals surface area contributed by atoms with E-state index in [2.05, 4.69) is 63.1 Å². The summed E-state index contributed by atoms with van der Waals surface area (Å²) in [5.74, 6) is 0. The zero-order valence-corrected chi connectivity index (χ0v) is 20.1. The highest BCUT2D eigenvalue weighted by molar-refractivity contribution is 6.62. The van der Waals surface area contributed by atoms with Gasteiger partial charge in [0, 0.05) is 32.4 Å². The Kier molecular flexibility index (Phi) is 5.50. The second-order valence-electron chi connectivity index (χ2n) is 10.2. The zero-order valence-electron chi connectivity index (χ0n) is 20.1. The fourth-order valence-electron chi connectivity index (χ4n) is 4.62. The highest BCUT2D eigenvalue weighted by atomic mass is 16.7. The topological polar surface area (TPSA) is 67.5 Å². The van der Waals surface area contributed by atoms with Gasteiger partial charge in [0.25, 0.3) is 5.56 Å². The van der Waals surface area contributed by atoms with Gasteiger partial charge in [0.2, 0.25) is 0 Å². The first-order valence-electron chi connectivity index (χ1n) is 11.7. The van der Waals surface area contributed by atoms with E-state index in [1.807, 2.05) is 11.7 Å². The maximum absolute atomic E-state index is 13.0. The van der Waals surface area contributed by atoms with Crippen LogP contribution in [0.4, 0.5) is 0 Å². The van der Waals surface area contributed by atoms with Gasteiger partial charge in [-0.15, -0.1) is 0 Å². The van der Waals surface area contributed by atoms with Crippen molar-refractivity contribution in [2.24, 2.45) is 7.05 Å². The summed E-state index contributed by atoms with van der Waals surface area (Å²) in [5, 5.41) is 5.24. The van der Waals surface area contributed by atoms with Crippen molar-refractivity contribution in [1.29, 1.82) is 0 Å². The molecule has 0 N–H and O–H groups in total. The van der Waals surface area contributed by atoms with Crippen molar-refractivity contribution in [3.63, 3.8) is 0 Å². The molecule has 0 aliphatic carbocycles. The van der Waals surface area contributed by atoms with Gasteiger partial charge in [-0.1, -0.05) is 24.3 Å². The van der Waals surface area contributed by atoms with Crippen LogP contribution in [-0.2, 0) is 27.5 Å². The zero-order chi connectivity index (χ0) is 23.4. The number of aromatic nitrogens is 3. The third kappa shape index (κ3) is 3.94. The lowest BCUT2D eigenvalue weighted by atomic mass is 9.78. The average molecular weight is 449 g/mol. The summed E-state index contributed by atoms with van der Waals surface area (Å²) in [6.07, 6.45) is 4.20. The summed E-state index contributed by atoms with van der Waals surface area (Å²) in [4.78, 5) is 13.0. The van der Waals surface area contributed by atoms with Crippen LogP contribution in [0, 0.1) is 0 Å². The number of rotatable bonds is 4. The Morgan fingerprint density at radius 3 is 2.33 bits per heavy atom. The van der Waals surface area contributed by atoms with Gasteiger partial charge in [-0.3, -0.25) is 9.48 Å². The molecule has 4 heterocycles. The van der Waals surface area contributed by atoms with E-state index in [1.54, 1.807) is 10.8 Å². The summed E-state index contributed by atoms with van der Waals surface area (Å²) in [5.41, 5.74) is 3.27. The smallest absolute Gasteiger partial charge is 0.399 e. The van der Waals surface area contributed by atoms with Gasteiger partial charge in [0.1, 0.15) is 0 Å². The summed E-state index contributed by atoms with van der Waals surface area (Å²) in [6.45, 7) is 9.70. The minimum absolute atomic E-state index is 0.00496. The summed E-state index contributed by atoms with van der Waals surface area (Å²) >= 11 is 0. The minimum atomic E-state index is -0.376. The first kappa shape index (κ1) is 22.4. The van der Waals surface area contributed by atoms with Crippen molar-refractivity contribution in [3.05, 3.63) is 58.1 Å². The maximum atomic E-state index is 13.0. The molecule has 2 aromatic heterocycles. The Balaban J connectivity index is 1.41. The van der Waals surface area contributed by atoms with E-state index in [4.69, 9.17) is 14.0 Å². The lowest BCUT2D eigenvalue weighted by Gasteiger charge is -2.32. The highest BCUT2D eigenvalue weighted by Gasteiger charge is 2.51. The van der Waals surface area contributed by atoms with E-state index in [-0.39, 0.29) is 29.9 Å². The molecule has 0 atom stereocenters. The number of pyridine rings is 1. The van der Waals surface area contributed by atoms with Crippen LogP contribution in [0.5, 0.6) is 0 Å². The van der Waals surface area contributed by atoms with E-state index in [0.717, 1.165) is 48.3 Å². The van der Waals surface area contributed by atoms with Gasteiger partial charge >= 0.3 is 7.12 Å². The van der Waals surface area contributed by atoms with Gasteiger partial charge in [-0.25, -0.2) is 0 Å². The Bertz CT molecular complexity index is 1210. The molecule has 0 bridgehead atoms. The molecule has 1 aromatic carbocycles. The fourth-order valence-corrected chi connectivity index (χ4v) is 4.62. The fraction of sp³-hybridized carbons (Fsp3) is 0.520. The van der Waals surface area contributed by atoms with Crippen LogP contribution in [-0.4, -0.2) is 45.9 Å². The highest BCUT2D eigenvalue weighted by Crippen LogP contribution is 2.36. The average Bonchev–Trinajstić information content (AvgIpc) is 3.30. The van der Waals surface area contributed by atoms with E-state index < -0.39 is 0 Å². The van der Waals surface area contributed by atoms with Crippen LogP contribution in [0.1, 0.15) is 57.8 Å². The lowest BCUT2D eigenvalue weighted by Crippen LogP contribution is -2.41. The van der Waals surface area contributed by atoms with Crippen LogP contribution in [0.25, 0.3) is 10.9 Å². The molecule has 0 spiro atoms. The number of fused-ring (bicyclic) bond motifs is 1. The van der Waals surface area contributed by atoms with E-state index in [0.29, 0.717) is 11.8 Å². The Morgan fingerprint density at radius 1 is 1.06 bits per heavy atom. The Labute approximate surface area is 194 Å². The van der Waals surface area contributed by atoms with Gasteiger partial charge in [0.15, 0.2) is 0 Å². The van der Waals surface area contributed by atoms with Crippen LogP contribution in [0.15, 0.2) is 41.3 Å². The minimum Gasteiger partial charge on any atom is -0.399 e. The van der Waals surface area contributed by atoms with Crippen molar-refractivity contribution in [2.75, 3.05) is 13.2 Å². The van der Waals surface area contributed by atoms with Gasteiger partial charge < -0.3 is 18.6 Å². The van der Waals surface area contributed by atoms with Crippen molar-refractivity contribution in [1.82, 2.24) is 14.3 Å². The number of hydrogen-bond acceptors (Lipinski definition) is 5. The second kappa shape index (κ2) is 8.11. The normalized spacial score (nSPS) is 20.6. The van der Waals surface area contributed by atoms with Crippen LogP contribution >= 0.6 is 0 Å². The second-order valence-corrected chi connectivity index (χ2v) is 10.2. The molecular weight excluding hydrogens is 417 g/mol. The molecule has 33 heavy (non-hydrogen) atoms. The molecule has 5 rings (SSSR count). The first-order chi connectivity index (χ1) is 15.7. The predicted molar refractivity (Wildman–Crippen MR) is 129 cm³/mol. The lowest BCUT2D eigenvalue weighted by molar-refractivity contribution is 0.00578. The van der Waals surface area contributed by atoms with Crippen LogP contribution in [0.3, 0.4) is 0 Å². The van der Waals surface area contributed by atoms with Crippen LogP contribution < -0.4 is 11.0 Å². The Morgan fingerprint density at radius 2 is 1.70 bits per heavy atom. The molecule has 2 fully saturated rings. The molecule has 7 nitrogen and oxygen atoms in total. The predicted octanol–water partition coefficient (Wildman–Crippen LogP) is 2.98. The monoisotopic (exact) mass is 449 g/mol. The summed E-state index contributed by atoms with van der Waals surface area (Å²) in [7, 11) is 1.46. The summed E-state index contributed by atoms with van der Waals surface area (Å²) in [6, 6.07) is 10.7. The van der Waals surface area contributed by atoms with Crippen molar-refractivity contribution < 1.29 is 14.0 Å². The quantitative estimate of drug-likeness (QED) is 0.573. The number of hydrogen-bond donors (Lipinski definition) is 0. The molecular formula is C25H32BN3O4. The van der Waals surface area contributed by atoms with Crippen molar-refractivity contribution >= 4 is 23.5 Å². The molecule has 3 aromatic rings. The third-order valence-electron chi connectivity index (χ3n) is 7.53. The molecule has 0 unspecified atom stereocenters. The van der Waals surface area contributed by atoms with Gasteiger partial charge in [-0.2, -0.15) is 5.10 Å². The van der Waals surface area contributed by atoms with E-state index >= 15 is 0 Å². The van der Waals surface area contributed by atoms with Crippen molar-refractivity contribution in [2.45, 2.75) is 64.2 Å². The molecule has 2 saturated heterocycles. The number of nitrogens with zero attached hydrogens (tertiary/aromatic N) is 3. The number of benzene rings is 1. The molecule has 8 heteroatoms. The van der Waals surface area contributed by atoms with Gasteiger partial charge in [-0.05, 0) is 57.6 Å². The molecule has 0 saturated carbocycles. The van der Waals surface area contributed by atoms with E-state index in [1.165, 1.54) is 0 Å². The van der Waals surface area contributed by atoms with Gasteiger partial charge in [0.05, 0.1) is 34.3 Å². The molecule has 0 radical (unpaired) electrons.